The van der Waals surface area contributed by atoms with Gasteiger partial charge >= 0.3 is 0 Å². The van der Waals surface area contributed by atoms with Crippen LogP contribution in [-0.2, 0) is 17.1 Å². The number of ether oxygens (including phenoxy) is 1. The molecule has 2 nitrogen and oxygen atoms in total. The van der Waals surface area contributed by atoms with Crippen LogP contribution in [0.15, 0.2) is 18.2 Å². The number of methoxy groups -OCH3 is 1. The molecule has 0 aliphatic rings. The molecule has 0 radical (unpaired) electrons. The van der Waals surface area contributed by atoms with Gasteiger partial charge in [0.05, 0.1) is 18.3 Å². The van der Waals surface area contributed by atoms with Crippen molar-refractivity contribution in [3.05, 3.63) is 29.3 Å². The Morgan fingerprint density at radius 2 is 2.27 bits per heavy atom. The minimum Gasteiger partial charge on any atom is -0.496 e. The highest BCUT2D eigenvalue weighted by Crippen LogP contribution is 2.22. The molecule has 0 amide bonds. The second-order valence-corrected chi connectivity index (χ2v) is 3.96. The number of ketones is 1. The van der Waals surface area contributed by atoms with Crippen molar-refractivity contribution in [2.45, 2.75) is 12.3 Å². The first-order valence-electron chi connectivity index (χ1n) is 4.50. The second kappa shape index (κ2) is 6.13. The quantitative estimate of drug-likeness (QED) is 0.780. The van der Waals surface area contributed by atoms with Crippen LogP contribution in [0.25, 0.3) is 0 Å². The zero-order valence-electron chi connectivity index (χ0n) is 8.43. The van der Waals surface area contributed by atoms with Crippen molar-refractivity contribution in [2.75, 3.05) is 12.4 Å². The van der Waals surface area contributed by atoms with E-state index in [2.05, 4.69) is 15.9 Å². The summed E-state index contributed by atoms with van der Waals surface area (Å²) >= 11 is 8.88. The molecular formula is C11H12BrClO2. The SMILES string of the molecule is COc1cc(CC(=O)CBr)ccc1CCl. The van der Waals surface area contributed by atoms with Gasteiger partial charge in [-0.05, 0) is 11.6 Å². The number of hydrogen-bond acceptors (Lipinski definition) is 2. The first kappa shape index (κ1) is 12.5. The Labute approximate surface area is 103 Å². The van der Waals surface area contributed by atoms with Gasteiger partial charge in [-0.25, -0.2) is 0 Å². The van der Waals surface area contributed by atoms with Crippen molar-refractivity contribution in [2.24, 2.45) is 0 Å². The van der Waals surface area contributed by atoms with Gasteiger partial charge in [-0.1, -0.05) is 28.1 Å². The van der Waals surface area contributed by atoms with E-state index in [0.29, 0.717) is 17.6 Å². The first-order chi connectivity index (χ1) is 7.21. The van der Waals surface area contributed by atoms with Gasteiger partial charge < -0.3 is 4.74 Å². The highest BCUT2D eigenvalue weighted by atomic mass is 79.9. The third kappa shape index (κ3) is 3.50. The summed E-state index contributed by atoms with van der Waals surface area (Å²) in [6.07, 6.45) is 0.421. The van der Waals surface area contributed by atoms with E-state index in [0.717, 1.165) is 16.9 Å². The second-order valence-electron chi connectivity index (χ2n) is 3.13. The molecular weight excluding hydrogens is 279 g/mol. The van der Waals surface area contributed by atoms with E-state index in [1.54, 1.807) is 7.11 Å². The number of hydrogen-bond donors (Lipinski definition) is 0. The lowest BCUT2D eigenvalue weighted by Crippen LogP contribution is -2.04. The van der Waals surface area contributed by atoms with Crippen molar-refractivity contribution >= 4 is 33.3 Å². The van der Waals surface area contributed by atoms with E-state index in [9.17, 15) is 4.79 Å². The summed E-state index contributed by atoms with van der Waals surface area (Å²) in [6, 6.07) is 5.65. The predicted octanol–water partition coefficient (Wildman–Crippen LogP) is 2.94. The summed E-state index contributed by atoms with van der Waals surface area (Å²) in [6.45, 7) is 0. The third-order valence-corrected chi connectivity index (χ3v) is 2.96. The molecule has 0 aliphatic carbocycles. The normalized spacial score (nSPS) is 10.1. The fourth-order valence-corrected chi connectivity index (χ4v) is 1.70. The van der Waals surface area contributed by atoms with Crippen LogP contribution in [-0.4, -0.2) is 18.2 Å². The van der Waals surface area contributed by atoms with Gasteiger partial charge in [0.25, 0.3) is 0 Å². The molecule has 82 valence electrons. The van der Waals surface area contributed by atoms with Gasteiger partial charge in [0.2, 0.25) is 0 Å². The number of benzene rings is 1. The molecule has 0 unspecified atom stereocenters. The Morgan fingerprint density at radius 3 is 2.80 bits per heavy atom. The molecule has 1 aromatic carbocycles. The Balaban J connectivity index is 2.88. The number of rotatable bonds is 5. The molecule has 0 spiro atoms. The van der Waals surface area contributed by atoms with Crippen LogP contribution in [0.1, 0.15) is 11.1 Å². The number of halogens is 2. The maximum atomic E-state index is 11.2. The van der Waals surface area contributed by atoms with Crippen LogP contribution in [0.3, 0.4) is 0 Å². The summed E-state index contributed by atoms with van der Waals surface area (Å²) in [4.78, 5) is 11.2. The van der Waals surface area contributed by atoms with Crippen LogP contribution < -0.4 is 4.74 Å². The van der Waals surface area contributed by atoms with E-state index in [1.165, 1.54) is 0 Å². The summed E-state index contributed by atoms with van der Waals surface area (Å²) in [5, 5.41) is 0.382. The minimum atomic E-state index is 0.149. The predicted molar refractivity (Wildman–Crippen MR) is 65.1 cm³/mol. The van der Waals surface area contributed by atoms with Crippen LogP contribution in [0.5, 0.6) is 5.75 Å². The standard InChI is InChI=1S/C11H12BrClO2/c1-15-11-5-8(4-10(14)6-12)2-3-9(11)7-13/h2-3,5H,4,6-7H2,1H3. The lowest BCUT2D eigenvalue weighted by atomic mass is 10.1. The molecule has 0 heterocycles. The van der Waals surface area contributed by atoms with Crippen molar-refractivity contribution in [1.82, 2.24) is 0 Å². The van der Waals surface area contributed by atoms with Crippen molar-refractivity contribution < 1.29 is 9.53 Å². The van der Waals surface area contributed by atoms with E-state index >= 15 is 0 Å². The zero-order chi connectivity index (χ0) is 11.3. The van der Waals surface area contributed by atoms with Gasteiger partial charge in [-0.3, -0.25) is 4.79 Å². The Kier molecular flexibility index (Phi) is 5.12. The molecule has 15 heavy (non-hydrogen) atoms. The minimum absolute atomic E-state index is 0.149. The van der Waals surface area contributed by atoms with Crippen LogP contribution in [0, 0.1) is 0 Å². The van der Waals surface area contributed by atoms with Crippen LogP contribution >= 0.6 is 27.5 Å². The number of alkyl halides is 2. The molecule has 0 atom stereocenters. The topological polar surface area (TPSA) is 26.3 Å². The average Bonchev–Trinajstić information content (AvgIpc) is 2.28. The number of carbonyl (C=O) groups is 1. The molecule has 0 aromatic heterocycles. The van der Waals surface area contributed by atoms with Gasteiger partial charge in [0.1, 0.15) is 11.5 Å². The molecule has 0 saturated heterocycles. The average molecular weight is 292 g/mol. The van der Waals surface area contributed by atoms with Gasteiger partial charge in [-0.15, -0.1) is 11.6 Å². The Hall–Kier alpha value is -0.540. The molecule has 0 aliphatic heterocycles. The van der Waals surface area contributed by atoms with Crippen LogP contribution in [0.2, 0.25) is 0 Å². The fourth-order valence-electron chi connectivity index (χ4n) is 1.28. The van der Waals surface area contributed by atoms with Crippen LogP contribution in [0.4, 0.5) is 0 Å². The fraction of sp³-hybridized carbons (Fsp3) is 0.364. The highest BCUT2D eigenvalue weighted by molar-refractivity contribution is 9.09. The third-order valence-electron chi connectivity index (χ3n) is 2.05. The molecule has 1 rings (SSSR count). The van der Waals surface area contributed by atoms with E-state index in [4.69, 9.17) is 16.3 Å². The smallest absolute Gasteiger partial charge is 0.147 e. The maximum absolute atomic E-state index is 11.2. The molecule has 0 bridgehead atoms. The summed E-state index contributed by atoms with van der Waals surface area (Å²) in [5.74, 6) is 1.30. The van der Waals surface area contributed by atoms with Crippen molar-refractivity contribution in [3.8, 4) is 5.75 Å². The summed E-state index contributed by atoms with van der Waals surface area (Å²) in [7, 11) is 1.60. The Morgan fingerprint density at radius 1 is 1.53 bits per heavy atom. The highest BCUT2D eigenvalue weighted by Gasteiger charge is 2.06. The molecule has 4 heteroatoms. The zero-order valence-corrected chi connectivity index (χ0v) is 10.8. The van der Waals surface area contributed by atoms with Gasteiger partial charge in [0, 0.05) is 12.0 Å². The summed E-state index contributed by atoms with van der Waals surface area (Å²) in [5.41, 5.74) is 1.89. The lowest BCUT2D eigenvalue weighted by molar-refractivity contribution is -0.115. The molecule has 0 saturated carbocycles. The van der Waals surface area contributed by atoms with E-state index in [1.807, 2.05) is 18.2 Å². The van der Waals surface area contributed by atoms with Crippen molar-refractivity contribution in [1.29, 1.82) is 0 Å². The summed E-state index contributed by atoms with van der Waals surface area (Å²) < 4.78 is 5.18. The Bertz CT molecular complexity index is 352. The lowest BCUT2D eigenvalue weighted by Gasteiger charge is -2.07. The number of Topliss-reactive ketones (excluding diaryl/α,β-unsaturated/α-hetero) is 1. The van der Waals surface area contributed by atoms with Gasteiger partial charge in [0.15, 0.2) is 0 Å². The molecule has 0 fully saturated rings. The number of carbonyl (C=O) groups excluding carboxylic acids is 1. The largest absolute Gasteiger partial charge is 0.496 e. The van der Waals surface area contributed by atoms with E-state index in [-0.39, 0.29) is 5.78 Å². The van der Waals surface area contributed by atoms with Crippen molar-refractivity contribution in [3.63, 3.8) is 0 Å². The van der Waals surface area contributed by atoms with Gasteiger partial charge in [-0.2, -0.15) is 0 Å². The monoisotopic (exact) mass is 290 g/mol. The maximum Gasteiger partial charge on any atom is 0.147 e. The first-order valence-corrected chi connectivity index (χ1v) is 6.16. The van der Waals surface area contributed by atoms with E-state index < -0.39 is 0 Å². The molecule has 0 N–H and O–H groups in total. The molecule has 1 aromatic rings.